The number of methoxy groups -OCH3 is 2. The van der Waals surface area contributed by atoms with Crippen molar-refractivity contribution in [2.75, 3.05) is 14.2 Å². The number of rotatable bonds is 5. The van der Waals surface area contributed by atoms with Crippen molar-refractivity contribution in [1.29, 1.82) is 0 Å². The van der Waals surface area contributed by atoms with Crippen LogP contribution in [0.4, 0.5) is 0 Å². The lowest BCUT2D eigenvalue weighted by Crippen LogP contribution is -2.29. The van der Waals surface area contributed by atoms with Gasteiger partial charge in [-0.1, -0.05) is 13.3 Å². The Labute approximate surface area is 112 Å². The molecule has 2 atom stereocenters. The zero-order chi connectivity index (χ0) is 13.9. The molecule has 0 saturated carbocycles. The third-order valence-corrected chi connectivity index (χ3v) is 3.45. The van der Waals surface area contributed by atoms with Crippen LogP contribution < -0.4 is 10.4 Å². The maximum atomic E-state index is 11.5. The molecule has 0 amide bonds. The van der Waals surface area contributed by atoms with E-state index in [4.69, 9.17) is 18.6 Å². The van der Waals surface area contributed by atoms with Gasteiger partial charge in [0.1, 0.15) is 5.75 Å². The smallest absolute Gasteiger partial charge is 0.339 e. The molecule has 0 aromatic carbocycles. The van der Waals surface area contributed by atoms with E-state index in [2.05, 4.69) is 6.92 Å². The van der Waals surface area contributed by atoms with Crippen LogP contribution in [-0.2, 0) is 15.3 Å². The summed E-state index contributed by atoms with van der Waals surface area (Å²) in [6.07, 6.45) is 3.72. The summed E-state index contributed by atoms with van der Waals surface area (Å²) in [7, 11) is 3.07. The Morgan fingerprint density at radius 1 is 1.42 bits per heavy atom. The van der Waals surface area contributed by atoms with Crippen molar-refractivity contribution < 1.29 is 18.6 Å². The molecule has 0 unspecified atom stereocenters. The van der Waals surface area contributed by atoms with Crippen LogP contribution in [0.25, 0.3) is 0 Å². The molecule has 0 spiro atoms. The average molecular weight is 268 g/mol. The Bertz CT molecular complexity index is 481. The third kappa shape index (κ3) is 2.82. The fraction of sp³-hybridized carbons (Fsp3) is 0.643. The molecule has 1 aliphatic rings. The lowest BCUT2D eigenvalue weighted by Gasteiger charge is -2.26. The van der Waals surface area contributed by atoms with Gasteiger partial charge in [-0.3, -0.25) is 0 Å². The van der Waals surface area contributed by atoms with Gasteiger partial charge < -0.3 is 18.6 Å². The van der Waals surface area contributed by atoms with Gasteiger partial charge in [0.2, 0.25) is 5.79 Å². The van der Waals surface area contributed by atoms with Crippen molar-refractivity contribution >= 4 is 0 Å². The molecule has 0 bridgehead atoms. The summed E-state index contributed by atoms with van der Waals surface area (Å²) in [5.74, 6) is -0.142. The van der Waals surface area contributed by atoms with Crippen LogP contribution in [0, 0.1) is 0 Å². The molecule has 1 fully saturated rings. The second kappa shape index (κ2) is 5.75. The predicted molar refractivity (Wildman–Crippen MR) is 69.2 cm³/mol. The van der Waals surface area contributed by atoms with Crippen LogP contribution in [-0.4, -0.2) is 20.3 Å². The molecule has 1 aliphatic heterocycles. The van der Waals surface area contributed by atoms with Crippen LogP contribution in [0.5, 0.6) is 5.75 Å². The average Bonchev–Trinajstić information content (AvgIpc) is 2.83. The maximum Gasteiger partial charge on any atom is 0.339 e. The molecule has 2 heterocycles. The van der Waals surface area contributed by atoms with E-state index in [0.29, 0.717) is 17.9 Å². The Morgan fingerprint density at radius 3 is 2.84 bits per heavy atom. The fourth-order valence-corrected chi connectivity index (χ4v) is 2.46. The van der Waals surface area contributed by atoms with Crippen molar-refractivity contribution in [3.8, 4) is 5.75 Å². The van der Waals surface area contributed by atoms with Crippen LogP contribution in [0.2, 0.25) is 0 Å². The van der Waals surface area contributed by atoms with Crippen molar-refractivity contribution in [2.45, 2.75) is 44.5 Å². The van der Waals surface area contributed by atoms with Gasteiger partial charge in [-0.05, 0) is 12.8 Å². The van der Waals surface area contributed by atoms with Crippen molar-refractivity contribution in [3.63, 3.8) is 0 Å². The predicted octanol–water partition coefficient (Wildman–Crippen LogP) is 2.43. The van der Waals surface area contributed by atoms with Gasteiger partial charge in [-0.15, -0.1) is 0 Å². The summed E-state index contributed by atoms with van der Waals surface area (Å²) in [5.41, 5.74) is -0.465. The van der Waals surface area contributed by atoms with Gasteiger partial charge in [0.15, 0.2) is 5.76 Å². The Balaban J connectivity index is 2.32. The van der Waals surface area contributed by atoms with Gasteiger partial charge >= 0.3 is 5.63 Å². The van der Waals surface area contributed by atoms with Crippen LogP contribution in [0.1, 0.15) is 38.4 Å². The minimum atomic E-state index is -0.965. The Kier molecular flexibility index (Phi) is 4.27. The van der Waals surface area contributed by atoms with E-state index >= 15 is 0 Å². The largest absolute Gasteiger partial charge is 0.496 e. The Hall–Kier alpha value is -1.33. The maximum absolute atomic E-state index is 11.5. The summed E-state index contributed by atoms with van der Waals surface area (Å²) in [6.45, 7) is 2.11. The molecule has 0 aliphatic carbocycles. The third-order valence-electron chi connectivity index (χ3n) is 3.45. The summed E-state index contributed by atoms with van der Waals surface area (Å²) in [5, 5.41) is 0. The monoisotopic (exact) mass is 268 g/mol. The molecule has 19 heavy (non-hydrogen) atoms. The minimum absolute atomic E-state index is 0.140. The normalized spacial score (nSPS) is 26.6. The van der Waals surface area contributed by atoms with Crippen molar-refractivity contribution in [3.05, 3.63) is 28.3 Å². The summed E-state index contributed by atoms with van der Waals surface area (Å²) in [6, 6.07) is 2.95. The van der Waals surface area contributed by atoms with Crippen molar-refractivity contribution in [2.24, 2.45) is 0 Å². The quantitative estimate of drug-likeness (QED) is 0.820. The molecule has 2 rings (SSSR count). The molecule has 106 valence electrons. The van der Waals surface area contributed by atoms with Gasteiger partial charge in [0.05, 0.1) is 19.3 Å². The first-order valence-electron chi connectivity index (χ1n) is 6.56. The SMILES string of the molecule is CCC[C@@H]1CC[C@@](OC)(c2cc(OC)cc(=O)o2)O1. The molecule has 0 N–H and O–H groups in total. The summed E-state index contributed by atoms with van der Waals surface area (Å²) >= 11 is 0. The molecular formula is C14H20O5. The second-order valence-electron chi connectivity index (χ2n) is 4.70. The molecule has 1 saturated heterocycles. The van der Waals surface area contributed by atoms with E-state index in [9.17, 15) is 4.79 Å². The second-order valence-corrected chi connectivity index (χ2v) is 4.70. The first-order valence-corrected chi connectivity index (χ1v) is 6.56. The highest BCUT2D eigenvalue weighted by atomic mass is 16.7. The van der Waals surface area contributed by atoms with Crippen LogP contribution >= 0.6 is 0 Å². The van der Waals surface area contributed by atoms with Gasteiger partial charge in [-0.25, -0.2) is 4.79 Å². The lowest BCUT2D eigenvalue weighted by atomic mass is 10.1. The molecule has 0 radical (unpaired) electrons. The zero-order valence-electron chi connectivity index (χ0n) is 11.6. The molecule has 5 nitrogen and oxygen atoms in total. The van der Waals surface area contributed by atoms with Gasteiger partial charge in [-0.2, -0.15) is 0 Å². The van der Waals surface area contributed by atoms with E-state index in [0.717, 1.165) is 19.3 Å². The van der Waals surface area contributed by atoms with Crippen molar-refractivity contribution in [1.82, 2.24) is 0 Å². The van der Waals surface area contributed by atoms with Crippen LogP contribution in [0.3, 0.4) is 0 Å². The van der Waals surface area contributed by atoms with Gasteiger partial charge in [0, 0.05) is 19.6 Å². The van der Waals surface area contributed by atoms with E-state index in [1.54, 1.807) is 13.2 Å². The number of hydrogen-bond donors (Lipinski definition) is 0. The minimum Gasteiger partial charge on any atom is -0.496 e. The topological polar surface area (TPSA) is 57.9 Å². The Morgan fingerprint density at radius 2 is 2.21 bits per heavy atom. The highest BCUT2D eigenvalue weighted by Gasteiger charge is 2.44. The van der Waals surface area contributed by atoms with E-state index < -0.39 is 11.4 Å². The number of hydrogen-bond acceptors (Lipinski definition) is 5. The molecule has 5 heteroatoms. The highest BCUT2D eigenvalue weighted by molar-refractivity contribution is 5.23. The van der Waals surface area contributed by atoms with Gasteiger partial charge in [0.25, 0.3) is 0 Å². The molecule has 1 aromatic rings. The molecular weight excluding hydrogens is 248 g/mol. The summed E-state index contributed by atoms with van der Waals surface area (Å²) in [4.78, 5) is 11.5. The first-order chi connectivity index (χ1) is 9.13. The zero-order valence-corrected chi connectivity index (χ0v) is 11.6. The highest BCUT2D eigenvalue weighted by Crippen LogP contribution is 2.41. The van der Waals surface area contributed by atoms with E-state index in [1.165, 1.54) is 13.2 Å². The standard InChI is InChI=1S/C14H20O5/c1-4-5-10-6-7-14(17-3,19-10)12-8-11(16-2)9-13(15)18-12/h8-10H,4-7H2,1-3H3/t10-,14+/m1/s1. The van der Waals surface area contributed by atoms with Crippen LogP contribution in [0.15, 0.2) is 21.3 Å². The lowest BCUT2D eigenvalue weighted by molar-refractivity contribution is -0.232. The fourth-order valence-electron chi connectivity index (χ4n) is 2.46. The summed E-state index contributed by atoms with van der Waals surface area (Å²) < 4.78 is 21.8. The molecule has 1 aromatic heterocycles. The number of ether oxygens (including phenoxy) is 3. The van der Waals surface area contributed by atoms with E-state index in [1.807, 2.05) is 0 Å². The van der Waals surface area contributed by atoms with E-state index in [-0.39, 0.29) is 6.10 Å². The first kappa shape index (κ1) is 14.1.